The second-order valence-corrected chi connectivity index (χ2v) is 6.51. The van der Waals surface area contributed by atoms with E-state index in [0.717, 1.165) is 6.42 Å². The summed E-state index contributed by atoms with van der Waals surface area (Å²) in [6.45, 7) is 0.237. The Balaban J connectivity index is 1.40. The topological polar surface area (TPSA) is 85.3 Å². The largest absolute Gasteiger partial charge is 0.461 e. The van der Waals surface area contributed by atoms with Gasteiger partial charge in [-0.05, 0) is 41.5 Å². The maximum atomic E-state index is 12.5. The molecule has 1 saturated carbocycles. The van der Waals surface area contributed by atoms with E-state index in [-0.39, 0.29) is 65.2 Å². The number of amides is 2. The van der Waals surface area contributed by atoms with E-state index < -0.39 is 0 Å². The first-order valence-electron chi connectivity index (χ1n) is 7.28. The molecule has 1 aromatic rings. The number of halogens is 2. The molecule has 3 aliphatic rings. The van der Waals surface area contributed by atoms with Crippen molar-refractivity contribution in [2.75, 3.05) is 13.2 Å². The highest BCUT2D eigenvalue weighted by atomic mass is 35.5. The van der Waals surface area contributed by atoms with Crippen LogP contribution in [0.3, 0.4) is 0 Å². The Morgan fingerprint density at radius 3 is 2.17 bits per heavy atom. The summed E-state index contributed by atoms with van der Waals surface area (Å²) in [4.78, 5) is 37.4. The normalized spacial score (nSPS) is 31.1. The Labute approximate surface area is 141 Å². The number of allylic oxidation sites excluding steroid dienone is 2. The van der Waals surface area contributed by atoms with Crippen LogP contribution in [0.2, 0.25) is 10.6 Å². The van der Waals surface area contributed by atoms with Crippen LogP contribution in [-0.2, 0) is 9.59 Å². The zero-order valence-corrected chi connectivity index (χ0v) is 13.4. The van der Waals surface area contributed by atoms with Gasteiger partial charge in [0.15, 0.2) is 0 Å². The molecule has 2 aliphatic carbocycles. The van der Waals surface area contributed by atoms with Crippen molar-refractivity contribution in [3.05, 3.63) is 22.7 Å². The SMILES string of the molecule is O=C1[C@H]2[C@@H]3C=CC(C3)[C@H]2C(=O)N1CCOc1nc(Cl)nc(Cl)n1. The molecule has 4 rings (SSSR count). The van der Waals surface area contributed by atoms with Crippen molar-refractivity contribution in [3.8, 4) is 6.01 Å². The van der Waals surface area contributed by atoms with Gasteiger partial charge in [0, 0.05) is 0 Å². The van der Waals surface area contributed by atoms with Crippen molar-refractivity contribution in [1.82, 2.24) is 19.9 Å². The van der Waals surface area contributed by atoms with Crippen LogP contribution in [0.15, 0.2) is 12.2 Å². The quantitative estimate of drug-likeness (QED) is 0.599. The maximum Gasteiger partial charge on any atom is 0.322 e. The lowest BCUT2D eigenvalue weighted by atomic mass is 9.85. The number of carbonyl (C=O) groups is 2. The van der Waals surface area contributed by atoms with Crippen LogP contribution in [0.1, 0.15) is 6.42 Å². The molecule has 2 fully saturated rings. The lowest BCUT2D eigenvalue weighted by Gasteiger charge is -2.16. The van der Waals surface area contributed by atoms with Gasteiger partial charge in [-0.15, -0.1) is 0 Å². The number of rotatable bonds is 4. The van der Waals surface area contributed by atoms with Crippen LogP contribution < -0.4 is 4.74 Å². The van der Waals surface area contributed by atoms with E-state index in [0.29, 0.717) is 0 Å². The minimum atomic E-state index is -0.196. The molecule has 2 amide bonds. The first-order valence-corrected chi connectivity index (χ1v) is 8.03. The summed E-state index contributed by atoms with van der Waals surface area (Å²) in [5, 5.41) is -0.156. The molecule has 120 valence electrons. The van der Waals surface area contributed by atoms with Gasteiger partial charge in [0.1, 0.15) is 6.61 Å². The summed E-state index contributed by atoms with van der Waals surface area (Å²) in [5.41, 5.74) is 0. The second kappa shape index (κ2) is 5.42. The summed E-state index contributed by atoms with van der Waals surface area (Å²) in [6, 6.07) is -0.0315. The molecular weight excluding hydrogens is 343 g/mol. The number of hydrogen-bond acceptors (Lipinski definition) is 6. The summed E-state index contributed by atoms with van der Waals surface area (Å²) in [6.07, 6.45) is 5.04. The van der Waals surface area contributed by atoms with E-state index in [1.807, 2.05) is 0 Å². The molecule has 0 N–H and O–H groups in total. The Morgan fingerprint density at radius 2 is 1.61 bits per heavy atom. The number of aromatic nitrogens is 3. The lowest BCUT2D eigenvalue weighted by molar-refractivity contribution is -0.141. The van der Waals surface area contributed by atoms with Crippen molar-refractivity contribution >= 4 is 35.0 Å². The molecular formula is C14H12Cl2N4O3. The number of ether oxygens (including phenoxy) is 1. The van der Waals surface area contributed by atoms with Gasteiger partial charge in [0.2, 0.25) is 22.4 Å². The number of likely N-dealkylation sites (tertiary alicyclic amines) is 1. The molecule has 1 aromatic heterocycles. The number of carbonyl (C=O) groups excluding carboxylic acids is 2. The fourth-order valence-corrected chi connectivity index (χ4v) is 4.13. The maximum absolute atomic E-state index is 12.5. The van der Waals surface area contributed by atoms with Gasteiger partial charge in [-0.25, -0.2) is 0 Å². The van der Waals surface area contributed by atoms with Gasteiger partial charge in [-0.2, -0.15) is 15.0 Å². The molecule has 0 spiro atoms. The average Bonchev–Trinajstić information content (AvgIpc) is 3.15. The fourth-order valence-electron chi connectivity index (χ4n) is 3.79. The van der Waals surface area contributed by atoms with Crippen LogP contribution in [0, 0.1) is 23.7 Å². The average molecular weight is 355 g/mol. The zero-order valence-electron chi connectivity index (χ0n) is 11.9. The molecule has 0 aromatic carbocycles. The van der Waals surface area contributed by atoms with E-state index in [2.05, 4.69) is 27.1 Å². The third-order valence-electron chi connectivity index (χ3n) is 4.67. The van der Waals surface area contributed by atoms with E-state index in [4.69, 9.17) is 27.9 Å². The third kappa shape index (κ3) is 2.38. The first-order chi connectivity index (χ1) is 11.0. The lowest BCUT2D eigenvalue weighted by Crippen LogP contribution is -2.36. The van der Waals surface area contributed by atoms with Gasteiger partial charge >= 0.3 is 6.01 Å². The van der Waals surface area contributed by atoms with Gasteiger partial charge in [-0.1, -0.05) is 12.2 Å². The predicted octanol–water partition coefficient (Wildman–Crippen LogP) is 1.36. The minimum absolute atomic E-state index is 0.0315. The monoisotopic (exact) mass is 354 g/mol. The molecule has 23 heavy (non-hydrogen) atoms. The van der Waals surface area contributed by atoms with Crippen LogP contribution in [0.5, 0.6) is 6.01 Å². The minimum Gasteiger partial charge on any atom is -0.461 e. The molecule has 4 atom stereocenters. The number of imide groups is 1. The Hall–Kier alpha value is -1.73. The first kappa shape index (κ1) is 14.8. The van der Waals surface area contributed by atoms with Crippen molar-refractivity contribution in [1.29, 1.82) is 0 Å². The van der Waals surface area contributed by atoms with Crippen LogP contribution in [0.25, 0.3) is 0 Å². The van der Waals surface area contributed by atoms with Crippen molar-refractivity contribution < 1.29 is 14.3 Å². The summed E-state index contributed by atoms with van der Waals surface area (Å²) < 4.78 is 5.32. The van der Waals surface area contributed by atoms with Gasteiger partial charge in [-0.3, -0.25) is 14.5 Å². The highest BCUT2D eigenvalue weighted by Gasteiger charge is 2.58. The van der Waals surface area contributed by atoms with Crippen LogP contribution in [-0.4, -0.2) is 44.8 Å². The molecule has 1 saturated heterocycles. The van der Waals surface area contributed by atoms with Crippen LogP contribution in [0.4, 0.5) is 0 Å². The second-order valence-electron chi connectivity index (χ2n) is 5.83. The van der Waals surface area contributed by atoms with Crippen LogP contribution >= 0.6 is 23.2 Å². The van der Waals surface area contributed by atoms with E-state index in [1.54, 1.807) is 0 Å². The van der Waals surface area contributed by atoms with E-state index in [1.165, 1.54) is 4.90 Å². The van der Waals surface area contributed by atoms with E-state index in [9.17, 15) is 9.59 Å². The highest BCUT2D eigenvalue weighted by Crippen LogP contribution is 2.52. The number of fused-ring (bicyclic) bond motifs is 5. The fraction of sp³-hybridized carbons (Fsp3) is 0.500. The zero-order chi connectivity index (χ0) is 16.1. The van der Waals surface area contributed by atoms with Crippen molar-refractivity contribution in [2.24, 2.45) is 23.7 Å². The standard InChI is InChI=1S/C14H12Cl2N4O3/c15-12-17-13(16)19-14(18-12)23-4-3-20-10(21)8-6-1-2-7(5-6)9(8)11(20)22/h1-2,6-9H,3-5H2/t6-,7?,8+,9-/m1/s1. The van der Waals surface area contributed by atoms with Crippen molar-refractivity contribution in [2.45, 2.75) is 6.42 Å². The number of nitrogens with zero attached hydrogens (tertiary/aromatic N) is 4. The Morgan fingerprint density at radius 1 is 1.04 bits per heavy atom. The molecule has 2 bridgehead atoms. The van der Waals surface area contributed by atoms with Gasteiger partial charge < -0.3 is 4.74 Å². The molecule has 2 heterocycles. The molecule has 9 heteroatoms. The molecule has 0 radical (unpaired) electrons. The van der Waals surface area contributed by atoms with E-state index >= 15 is 0 Å². The Bertz CT molecular complexity index is 676. The van der Waals surface area contributed by atoms with Gasteiger partial charge in [0.05, 0.1) is 18.4 Å². The summed E-state index contributed by atoms with van der Waals surface area (Å²) in [5.74, 6) is -0.196. The molecule has 1 aliphatic heterocycles. The summed E-state index contributed by atoms with van der Waals surface area (Å²) in [7, 11) is 0. The van der Waals surface area contributed by atoms with Gasteiger partial charge in [0.25, 0.3) is 0 Å². The smallest absolute Gasteiger partial charge is 0.322 e. The third-order valence-corrected chi connectivity index (χ3v) is 5.01. The molecule has 1 unspecified atom stereocenters. The molecule has 7 nitrogen and oxygen atoms in total. The Kier molecular flexibility index (Phi) is 3.50. The number of hydrogen-bond donors (Lipinski definition) is 0. The highest BCUT2D eigenvalue weighted by molar-refractivity contribution is 6.31. The summed E-state index contributed by atoms with van der Waals surface area (Å²) >= 11 is 11.3. The van der Waals surface area contributed by atoms with Crippen molar-refractivity contribution in [3.63, 3.8) is 0 Å². The predicted molar refractivity (Wildman–Crippen MR) is 79.8 cm³/mol.